The predicted molar refractivity (Wildman–Crippen MR) is 134 cm³/mol. The van der Waals surface area contributed by atoms with Gasteiger partial charge in [-0.15, -0.1) is 5.10 Å². The van der Waals surface area contributed by atoms with Gasteiger partial charge < -0.3 is 30.9 Å². The first-order chi connectivity index (χ1) is 16.3. The van der Waals surface area contributed by atoms with Crippen LogP contribution in [0.1, 0.15) is 26.2 Å². The number of thioether (sulfide) groups is 1. The van der Waals surface area contributed by atoms with Crippen molar-refractivity contribution in [1.82, 2.24) is 5.32 Å². The molecular formula is C23H27N5O5S. The lowest BCUT2D eigenvalue weighted by Gasteiger charge is -2.17. The van der Waals surface area contributed by atoms with Crippen LogP contribution >= 0.6 is 11.8 Å². The Labute approximate surface area is 201 Å². The van der Waals surface area contributed by atoms with E-state index in [1.807, 2.05) is 24.3 Å². The van der Waals surface area contributed by atoms with Gasteiger partial charge in [-0.05, 0) is 44.0 Å². The highest BCUT2D eigenvalue weighted by Gasteiger charge is 2.32. The molecule has 180 valence electrons. The van der Waals surface area contributed by atoms with Crippen LogP contribution in [0.3, 0.4) is 0 Å². The predicted octanol–water partition coefficient (Wildman–Crippen LogP) is 3.53. The SMILES string of the molecule is C=C(O)/C(O)=C(/O)C(=CC)/C=N\N=C1/NC(=O)C(CC(=O)Nc2ccc(N3CCCC3)cc2)S1. The van der Waals surface area contributed by atoms with E-state index in [2.05, 4.69) is 32.3 Å². The van der Waals surface area contributed by atoms with Crippen LogP contribution in [-0.4, -0.2) is 56.9 Å². The van der Waals surface area contributed by atoms with Crippen molar-refractivity contribution in [2.24, 2.45) is 10.2 Å². The lowest BCUT2D eigenvalue weighted by molar-refractivity contribution is -0.122. The van der Waals surface area contributed by atoms with Crippen molar-refractivity contribution in [3.8, 4) is 0 Å². The van der Waals surface area contributed by atoms with E-state index in [0.29, 0.717) is 5.69 Å². The lowest BCUT2D eigenvalue weighted by Crippen LogP contribution is -2.28. The van der Waals surface area contributed by atoms with Gasteiger partial charge in [-0.25, -0.2) is 0 Å². The Morgan fingerprint density at radius 3 is 2.53 bits per heavy atom. The molecule has 1 aromatic rings. The maximum Gasteiger partial charge on any atom is 0.240 e. The summed E-state index contributed by atoms with van der Waals surface area (Å²) in [6, 6.07) is 7.65. The first-order valence-electron chi connectivity index (χ1n) is 10.7. The fourth-order valence-corrected chi connectivity index (χ4v) is 4.31. The van der Waals surface area contributed by atoms with E-state index in [-0.39, 0.29) is 29.0 Å². The minimum atomic E-state index is -0.785. The highest BCUT2D eigenvalue weighted by molar-refractivity contribution is 8.15. The van der Waals surface area contributed by atoms with Gasteiger partial charge in [0.2, 0.25) is 11.8 Å². The minimum Gasteiger partial charge on any atom is -0.505 e. The van der Waals surface area contributed by atoms with Gasteiger partial charge in [-0.3, -0.25) is 9.59 Å². The van der Waals surface area contributed by atoms with Gasteiger partial charge in [0.1, 0.15) is 5.25 Å². The molecule has 10 nitrogen and oxygen atoms in total. The van der Waals surface area contributed by atoms with Gasteiger partial charge in [0.05, 0.1) is 6.21 Å². The van der Waals surface area contributed by atoms with Crippen LogP contribution in [0.15, 0.2) is 70.0 Å². The number of anilines is 2. The number of amidine groups is 1. The zero-order valence-corrected chi connectivity index (χ0v) is 19.5. The van der Waals surface area contributed by atoms with E-state index < -0.39 is 22.5 Å². The highest BCUT2D eigenvalue weighted by Crippen LogP contribution is 2.25. The number of nitrogens with zero attached hydrogens (tertiary/aromatic N) is 3. The molecule has 2 heterocycles. The number of hydrogen-bond donors (Lipinski definition) is 5. The summed E-state index contributed by atoms with van der Waals surface area (Å²) < 4.78 is 0. The smallest absolute Gasteiger partial charge is 0.240 e. The fourth-order valence-electron chi connectivity index (χ4n) is 3.39. The van der Waals surface area contributed by atoms with Gasteiger partial charge in [-0.2, -0.15) is 5.10 Å². The Morgan fingerprint density at radius 1 is 1.24 bits per heavy atom. The van der Waals surface area contributed by atoms with Gasteiger partial charge in [0.25, 0.3) is 0 Å². The van der Waals surface area contributed by atoms with Crippen molar-refractivity contribution in [2.75, 3.05) is 23.3 Å². The molecule has 0 aromatic heterocycles. The summed E-state index contributed by atoms with van der Waals surface area (Å²) in [4.78, 5) is 26.9. The molecule has 11 heteroatoms. The van der Waals surface area contributed by atoms with Crippen LogP contribution in [-0.2, 0) is 9.59 Å². The van der Waals surface area contributed by atoms with Gasteiger partial charge in [-0.1, -0.05) is 24.4 Å². The van der Waals surface area contributed by atoms with E-state index in [4.69, 9.17) is 5.11 Å². The average Bonchev–Trinajstić information content (AvgIpc) is 3.46. The first kappa shape index (κ1) is 24.9. The summed E-state index contributed by atoms with van der Waals surface area (Å²) in [6.07, 6.45) is 4.91. The van der Waals surface area contributed by atoms with E-state index >= 15 is 0 Å². The third kappa shape index (κ3) is 6.41. The van der Waals surface area contributed by atoms with Crippen molar-refractivity contribution in [2.45, 2.75) is 31.4 Å². The molecule has 0 spiro atoms. The Bertz CT molecular complexity index is 1070. The molecule has 0 saturated carbocycles. The monoisotopic (exact) mass is 485 g/mol. The van der Waals surface area contributed by atoms with E-state index in [9.17, 15) is 19.8 Å². The van der Waals surface area contributed by atoms with Gasteiger partial charge in [0, 0.05) is 36.5 Å². The molecule has 2 fully saturated rings. The molecule has 34 heavy (non-hydrogen) atoms. The first-order valence-corrected chi connectivity index (χ1v) is 11.6. The normalized spacial score (nSPS) is 20.6. The number of aliphatic hydroxyl groups excluding tert-OH is 3. The van der Waals surface area contributed by atoms with Crippen molar-refractivity contribution in [1.29, 1.82) is 0 Å². The molecule has 0 radical (unpaired) electrons. The van der Waals surface area contributed by atoms with E-state index in [1.165, 1.54) is 18.9 Å². The summed E-state index contributed by atoms with van der Waals surface area (Å²) in [5.74, 6) is -2.75. The minimum absolute atomic E-state index is 0.0385. The van der Waals surface area contributed by atoms with Crippen molar-refractivity contribution >= 4 is 46.3 Å². The maximum absolute atomic E-state index is 12.4. The second-order valence-electron chi connectivity index (χ2n) is 7.63. The molecule has 2 aliphatic rings. The topological polar surface area (TPSA) is 147 Å². The highest BCUT2D eigenvalue weighted by atomic mass is 32.2. The molecule has 2 aliphatic heterocycles. The van der Waals surface area contributed by atoms with Crippen molar-refractivity contribution < 1.29 is 24.9 Å². The van der Waals surface area contributed by atoms with E-state index in [0.717, 1.165) is 36.8 Å². The Balaban J connectivity index is 1.54. The molecular weight excluding hydrogens is 458 g/mol. The van der Waals surface area contributed by atoms with Crippen LogP contribution in [0.25, 0.3) is 0 Å². The molecule has 2 saturated heterocycles. The Hall–Kier alpha value is -3.73. The standard InChI is InChI=1S/C23H27N5O5S/c1-3-15(21(32)20(31)14(2)29)13-24-27-23-26-22(33)18(34-23)12-19(30)25-16-6-8-17(9-7-16)28-10-4-5-11-28/h3,6-9,13,18,29,31-32H,2,4-5,10-12H2,1H3,(H,25,30)(H,26,27,33)/b15-3?,21-20-,24-13-. The van der Waals surface area contributed by atoms with Crippen LogP contribution < -0.4 is 15.5 Å². The summed E-state index contributed by atoms with van der Waals surface area (Å²) in [6.45, 7) is 6.80. The number of allylic oxidation sites excluding steroid dienone is 2. The number of amides is 2. The fraction of sp³-hybridized carbons (Fsp3) is 0.304. The molecule has 1 unspecified atom stereocenters. The van der Waals surface area contributed by atoms with Crippen LogP contribution in [0.4, 0.5) is 11.4 Å². The molecule has 2 amide bonds. The second-order valence-corrected chi connectivity index (χ2v) is 8.82. The largest absolute Gasteiger partial charge is 0.505 e. The zero-order chi connectivity index (χ0) is 24.7. The third-order valence-corrected chi connectivity index (χ3v) is 6.27. The zero-order valence-electron chi connectivity index (χ0n) is 18.7. The van der Waals surface area contributed by atoms with Gasteiger partial charge >= 0.3 is 0 Å². The molecule has 0 aliphatic carbocycles. The Morgan fingerprint density at radius 2 is 1.91 bits per heavy atom. The average molecular weight is 486 g/mol. The van der Waals surface area contributed by atoms with Crippen LogP contribution in [0.2, 0.25) is 0 Å². The summed E-state index contributed by atoms with van der Waals surface area (Å²) in [5.41, 5.74) is 1.87. The number of carbonyl (C=O) groups excluding carboxylic acids is 2. The third-order valence-electron chi connectivity index (χ3n) is 5.20. The van der Waals surface area contributed by atoms with Gasteiger partial charge in [0.15, 0.2) is 22.4 Å². The molecule has 1 aromatic carbocycles. The molecule has 1 atom stereocenters. The van der Waals surface area contributed by atoms with Crippen molar-refractivity contribution in [3.63, 3.8) is 0 Å². The molecule has 5 N–H and O–H groups in total. The number of nitrogens with one attached hydrogen (secondary N) is 2. The van der Waals surface area contributed by atoms with Crippen LogP contribution in [0.5, 0.6) is 0 Å². The quantitative estimate of drug-likeness (QED) is 0.164. The summed E-state index contributed by atoms with van der Waals surface area (Å²) in [5, 5.41) is 41.2. The number of benzene rings is 1. The number of carbonyl (C=O) groups is 2. The summed E-state index contributed by atoms with van der Waals surface area (Å²) in [7, 11) is 0. The number of hydrogen-bond acceptors (Lipinski definition) is 9. The maximum atomic E-state index is 12.4. The molecule has 3 rings (SSSR count). The Kier molecular flexibility index (Phi) is 8.36. The lowest BCUT2D eigenvalue weighted by atomic mass is 10.2. The summed E-state index contributed by atoms with van der Waals surface area (Å²) >= 11 is 1.07. The molecule has 0 bridgehead atoms. The number of rotatable bonds is 8. The second kappa shape index (κ2) is 11.4. The van der Waals surface area contributed by atoms with E-state index in [1.54, 1.807) is 6.92 Å². The van der Waals surface area contributed by atoms with Crippen molar-refractivity contribution in [3.05, 3.63) is 59.8 Å². The number of aliphatic hydroxyl groups is 3. The van der Waals surface area contributed by atoms with Crippen LogP contribution in [0, 0.1) is 0 Å².